The molecule has 0 saturated carbocycles. The van der Waals surface area contributed by atoms with Crippen molar-refractivity contribution in [2.24, 2.45) is 16.5 Å². The highest BCUT2D eigenvalue weighted by Gasteiger charge is 2.25. The summed E-state index contributed by atoms with van der Waals surface area (Å²) in [5.74, 6) is -0.344. The molecule has 6 heteroatoms. The van der Waals surface area contributed by atoms with Crippen molar-refractivity contribution < 1.29 is 9.53 Å². The van der Waals surface area contributed by atoms with Gasteiger partial charge in [-0.3, -0.25) is 0 Å². The zero-order valence-corrected chi connectivity index (χ0v) is 11.9. The Balaban J connectivity index is 2.48. The van der Waals surface area contributed by atoms with Crippen LogP contribution >= 0.6 is 11.3 Å². The number of guanidine groups is 1. The molecule has 5 nitrogen and oxygen atoms in total. The van der Waals surface area contributed by atoms with Crippen LogP contribution < -0.4 is 11.5 Å². The number of esters is 1. The van der Waals surface area contributed by atoms with Crippen molar-refractivity contribution in [3.05, 3.63) is 16.0 Å². The van der Waals surface area contributed by atoms with Gasteiger partial charge >= 0.3 is 5.97 Å². The molecule has 1 aromatic heterocycles. The predicted molar refractivity (Wildman–Crippen MR) is 77.0 cm³/mol. The van der Waals surface area contributed by atoms with Gasteiger partial charge in [0.2, 0.25) is 0 Å². The molecule has 0 radical (unpaired) electrons. The molecule has 4 N–H and O–H groups in total. The summed E-state index contributed by atoms with van der Waals surface area (Å²) in [7, 11) is 0. The van der Waals surface area contributed by atoms with E-state index in [0.717, 1.165) is 31.2 Å². The van der Waals surface area contributed by atoms with Gasteiger partial charge in [0.15, 0.2) is 5.96 Å². The average molecular weight is 281 g/mol. The molecule has 0 spiro atoms. The van der Waals surface area contributed by atoms with Gasteiger partial charge in [-0.15, -0.1) is 11.3 Å². The van der Waals surface area contributed by atoms with E-state index in [1.54, 1.807) is 6.92 Å². The summed E-state index contributed by atoms with van der Waals surface area (Å²) in [6, 6.07) is 0. The number of aryl methyl sites for hydroxylation is 1. The number of thiophene rings is 1. The summed E-state index contributed by atoms with van der Waals surface area (Å²) < 4.78 is 5.13. The molecular formula is C13H19N3O2S. The van der Waals surface area contributed by atoms with Gasteiger partial charge in [-0.2, -0.15) is 0 Å². The number of nitrogens with two attached hydrogens (primary N) is 2. The lowest BCUT2D eigenvalue weighted by molar-refractivity contribution is 0.0526. The molecule has 1 aliphatic rings. The Kier molecular flexibility index (Phi) is 4.42. The number of hydrogen-bond donors (Lipinski definition) is 2. The Labute approximate surface area is 116 Å². The highest BCUT2D eigenvalue weighted by molar-refractivity contribution is 7.16. The van der Waals surface area contributed by atoms with Gasteiger partial charge < -0.3 is 16.2 Å². The second-order valence-electron chi connectivity index (χ2n) is 4.50. The van der Waals surface area contributed by atoms with E-state index in [1.807, 2.05) is 0 Å². The Morgan fingerprint density at radius 1 is 1.32 bits per heavy atom. The Bertz CT molecular complexity index is 504. The second kappa shape index (κ2) is 6.06. The SMILES string of the molecule is CCOC(=O)c1c(N=C(N)N)sc2c1CCCCC2. The smallest absolute Gasteiger partial charge is 0.341 e. The van der Waals surface area contributed by atoms with Gasteiger partial charge in [0.05, 0.1) is 12.2 Å². The monoisotopic (exact) mass is 281 g/mol. The Morgan fingerprint density at radius 2 is 2.05 bits per heavy atom. The molecule has 19 heavy (non-hydrogen) atoms. The van der Waals surface area contributed by atoms with Crippen LogP contribution in [0, 0.1) is 0 Å². The minimum absolute atomic E-state index is 0.0260. The average Bonchev–Trinajstić information content (AvgIpc) is 2.52. The molecule has 1 aromatic rings. The fraction of sp³-hybridized carbons (Fsp3) is 0.538. The van der Waals surface area contributed by atoms with Gasteiger partial charge in [-0.1, -0.05) is 6.42 Å². The summed E-state index contributed by atoms with van der Waals surface area (Å²) in [5, 5.41) is 0.588. The Morgan fingerprint density at radius 3 is 2.74 bits per heavy atom. The van der Waals surface area contributed by atoms with E-state index in [2.05, 4.69) is 4.99 Å². The molecule has 1 heterocycles. The minimum atomic E-state index is -0.318. The fourth-order valence-electron chi connectivity index (χ4n) is 2.34. The summed E-state index contributed by atoms with van der Waals surface area (Å²) in [6.45, 7) is 2.15. The van der Waals surface area contributed by atoms with Crippen molar-refractivity contribution in [3.63, 3.8) is 0 Å². The quantitative estimate of drug-likeness (QED) is 0.384. The standard InChI is InChI=1S/C13H19N3O2S/c1-2-18-12(17)10-8-6-4-3-5-7-9(8)19-11(10)16-13(14)15/h2-7H2,1H3,(H4,14,15,16). The summed E-state index contributed by atoms with van der Waals surface area (Å²) in [6.07, 6.45) is 5.34. The number of nitrogens with zero attached hydrogens (tertiary/aromatic N) is 1. The van der Waals surface area contributed by atoms with Crippen molar-refractivity contribution >= 4 is 28.3 Å². The number of ether oxygens (including phenoxy) is 1. The fourth-order valence-corrected chi connectivity index (χ4v) is 3.60. The number of hydrogen-bond acceptors (Lipinski definition) is 4. The van der Waals surface area contributed by atoms with E-state index in [-0.39, 0.29) is 11.9 Å². The van der Waals surface area contributed by atoms with Gasteiger partial charge in [-0.05, 0) is 38.2 Å². The maximum Gasteiger partial charge on any atom is 0.341 e. The van der Waals surface area contributed by atoms with Gasteiger partial charge in [0, 0.05) is 4.88 Å². The lowest BCUT2D eigenvalue weighted by Crippen LogP contribution is -2.22. The van der Waals surface area contributed by atoms with Crippen LogP contribution in [0.3, 0.4) is 0 Å². The maximum absolute atomic E-state index is 12.1. The van der Waals surface area contributed by atoms with Gasteiger partial charge in [0.1, 0.15) is 5.00 Å². The first kappa shape index (κ1) is 13.9. The van der Waals surface area contributed by atoms with Crippen LogP contribution in [-0.2, 0) is 17.6 Å². The Hall–Kier alpha value is -1.56. The van der Waals surface area contributed by atoms with E-state index in [9.17, 15) is 4.79 Å². The normalized spacial score (nSPS) is 14.4. The molecule has 104 valence electrons. The number of carbonyl (C=O) groups is 1. The predicted octanol–water partition coefficient (Wildman–Crippen LogP) is 2.10. The summed E-state index contributed by atoms with van der Waals surface area (Å²) >= 11 is 1.51. The number of rotatable bonds is 3. The van der Waals surface area contributed by atoms with Crippen LogP contribution in [0.2, 0.25) is 0 Å². The largest absolute Gasteiger partial charge is 0.462 e. The minimum Gasteiger partial charge on any atom is -0.462 e. The van der Waals surface area contributed by atoms with Crippen molar-refractivity contribution in [3.8, 4) is 0 Å². The lowest BCUT2D eigenvalue weighted by Gasteiger charge is -2.05. The van der Waals surface area contributed by atoms with Crippen molar-refractivity contribution in [2.45, 2.75) is 39.0 Å². The molecule has 0 saturated heterocycles. The van der Waals surface area contributed by atoms with E-state index < -0.39 is 0 Å². The van der Waals surface area contributed by atoms with Crippen molar-refractivity contribution in [2.75, 3.05) is 6.61 Å². The van der Waals surface area contributed by atoms with Crippen LogP contribution in [0.5, 0.6) is 0 Å². The van der Waals surface area contributed by atoms with Crippen molar-refractivity contribution in [1.82, 2.24) is 0 Å². The van der Waals surface area contributed by atoms with Crippen LogP contribution in [-0.4, -0.2) is 18.5 Å². The first-order valence-corrected chi connectivity index (χ1v) is 7.36. The van der Waals surface area contributed by atoms with E-state index >= 15 is 0 Å². The van der Waals surface area contributed by atoms with Crippen LogP contribution in [0.4, 0.5) is 5.00 Å². The third kappa shape index (κ3) is 3.07. The molecule has 2 rings (SSSR count). The lowest BCUT2D eigenvalue weighted by atomic mass is 10.1. The topological polar surface area (TPSA) is 90.7 Å². The second-order valence-corrected chi connectivity index (χ2v) is 5.59. The number of fused-ring (bicyclic) bond motifs is 1. The molecule has 0 atom stereocenters. The third-order valence-corrected chi connectivity index (χ3v) is 4.30. The van der Waals surface area contributed by atoms with E-state index in [0.29, 0.717) is 17.2 Å². The highest BCUT2D eigenvalue weighted by Crippen LogP contribution is 2.39. The molecule has 0 amide bonds. The zero-order valence-electron chi connectivity index (χ0n) is 11.1. The zero-order chi connectivity index (χ0) is 13.8. The van der Waals surface area contributed by atoms with Gasteiger partial charge in [-0.25, -0.2) is 9.79 Å². The van der Waals surface area contributed by atoms with Crippen LogP contribution in [0.15, 0.2) is 4.99 Å². The molecule has 0 bridgehead atoms. The highest BCUT2D eigenvalue weighted by atomic mass is 32.1. The summed E-state index contributed by atoms with van der Waals surface area (Å²) in [5.41, 5.74) is 12.5. The van der Waals surface area contributed by atoms with Crippen LogP contribution in [0.25, 0.3) is 0 Å². The van der Waals surface area contributed by atoms with Gasteiger partial charge in [0.25, 0.3) is 0 Å². The van der Waals surface area contributed by atoms with E-state index in [4.69, 9.17) is 16.2 Å². The maximum atomic E-state index is 12.1. The number of carbonyl (C=O) groups excluding carboxylic acids is 1. The third-order valence-electron chi connectivity index (χ3n) is 3.11. The number of aliphatic imine (C=N–C) groups is 1. The molecule has 0 fully saturated rings. The first-order chi connectivity index (χ1) is 9.13. The van der Waals surface area contributed by atoms with Crippen molar-refractivity contribution in [1.29, 1.82) is 0 Å². The molecule has 0 aromatic carbocycles. The molecule has 1 aliphatic carbocycles. The molecule has 0 aliphatic heterocycles. The van der Waals surface area contributed by atoms with Crippen LogP contribution in [0.1, 0.15) is 47.0 Å². The molecular weight excluding hydrogens is 262 g/mol. The molecule has 0 unspecified atom stereocenters. The van der Waals surface area contributed by atoms with E-state index in [1.165, 1.54) is 22.6 Å². The first-order valence-electron chi connectivity index (χ1n) is 6.54. The summed E-state index contributed by atoms with van der Waals surface area (Å²) in [4.78, 5) is 17.4.